The van der Waals surface area contributed by atoms with Gasteiger partial charge >= 0.3 is 5.97 Å². The molecule has 0 heterocycles. The van der Waals surface area contributed by atoms with Crippen molar-refractivity contribution in [1.29, 1.82) is 0 Å². The number of esters is 1. The second-order valence-electron chi connectivity index (χ2n) is 3.91. The first-order valence-electron chi connectivity index (χ1n) is 5.76. The molecule has 90 valence electrons. The first-order valence-corrected chi connectivity index (χ1v) is 5.76. The maximum Gasteiger partial charge on any atom is 0.308 e. The molecule has 0 amide bonds. The van der Waals surface area contributed by atoms with Crippen LogP contribution in [-0.4, -0.2) is 5.97 Å². The van der Waals surface area contributed by atoms with E-state index in [0.717, 1.165) is 11.1 Å². The highest BCUT2D eigenvalue weighted by molar-refractivity contribution is 5.71. The van der Waals surface area contributed by atoms with Gasteiger partial charge in [-0.3, -0.25) is 4.79 Å². The number of carbonyl (C=O) groups excluding carboxylic acids is 1. The summed E-state index contributed by atoms with van der Waals surface area (Å²) in [4.78, 5) is 10.8. The van der Waals surface area contributed by atoms with Gasteiger partial charge in [-0.25, -0.2) is 0 Å². The van der Waals surface area contributed by atoms with Gasteiger partial charge in [0.15, 0.2) is 0 Å². The summed E-state index contributed by atoms with van der Waals surface area (Å²) in [7, 11) is 0. The molecule has 2 aromatic rings. The van der Waals surface area contributed by atoms with Crippen LogP contribution in [-0.2, 0) is 4.79 Å². The van der Waals surface area contributed by atoms with E-state index >= 15 is 0 Å². The van der Waals surface area contributed by atoms with Crippen molar-refractivity contribution in [2.45, 2.75) is 6.92 Å². The first kappa shape index (κ1) is 12.1. The van der Waals surface area contributed by atoms with Gasteiger partial charge in [-0.2, -0.15) is 0 Å². The number of benzene rings is 2. The Morgan fingerprint density at radius 2 is 1.44 bits per heavy atom. The standard InChI is InChI=1S/C16H14O2/c1-13(17)18-16-11-9-15(10-12-16)8-7-14-5-3-2-4-6-14/h2-12H,1H3. The number of rotatable bonds is 3. The molecule has 0 unspecified atom stereocenters. The number of hydrogen-bond acceptors (Lipinski definition) is 2. The number of carbonyl (C=O) groups is 1. The van der Waals surface area contributed by atoms with Crippen LogP contribution in [0.25, 0.3) is 12.2 Å². The highest BCUT2D eigenvalue weighted by atomic mass is 16.5. The van der Waals surface area contributed by atoms with E-state index < -0.39 is 0 Å². The Hall–Kier alpha value is -2.35. The molecule has 2 rings (SSSR count). The largest absolute Gasteiger partial charge is 0.427 e. The second kappa shape index (κ2) is 5.82. The van der Waals surface area contributed by atoms with E-state index in [1.54, 1.807) is 12.1 Å². The van der Waals surface area contributed by atoms with Gasteiger partial charge < -0.3 is 4.74 Å². The summed E-state index contributed by atoms with van der Waals surface area (Å²) in [6, 6.07) is 17.5. The highest BCUT2D eigenvalue weighted by Crippen LogP contribution is 2.14. The predicted octanol–water partition coefficient (Wildman–Crippen LogP) is 3.78. The molecule has 0 radical (unpaired) electrons. The van der Waals surface area contributed by atoms with Crippen LogP contribution in [0, 0.1) is 0 Å². The van der Waals surface area contributed by atoms with Crippen molar-refractivity contribution in [1.82, 2.24) is 0 Å². The van der Waals surface area contributed by atoms with Crippen molar-refractivity contribution in [3.63, 3.8) is 0 Å². The molecule has 0 saturated carbocycles. The van der Waals surface area contributed by atoms with E-state index in [-0.39, 0.29) is 5.97 Å². The second-order valence-corrected chi connectivity index (χ2v) is 3.91. The predicted molar refractivity (Wildman–Crippen MR) is 73.1 cm³/mol. The smallest absolute Gasteiger partial charge is 0.308 e. The lowest BCUT2D eigenvalue weighted by Crippen LogP contribution is -2.00. The lowest BCUT2D eigenvalue weighted by atomic mass is 10.1. The van der Waals surface area contributed by atoms with E-state index in [1.165, 1.54) is 6.92 Å². The maximum atomic E-state index is 10.8. The van der Waals surface area contributed by atoms with Gasteiger partial charge in [0, 0.05) is 6.92 Å². The lowest BCUT2D eigenvalue weighted by Gasteiger charge is -2.00. The number of hydrogen-bond donors (Lipinski definition) is 0. The van der Waals surface area contributed by atoms with Crippen molar-refractivity contribution >= 4 is 18.1 Å². The van der Waals surface area contributed by atoms with Gasteiger partial charge in [-0.05, 0) is 23.3 Å². The van der Waals surface area contributed by atoms with Crippen LogP contribution >= 0.6 is 0 Å². The molecule has 2 aromatic carbocycles. The minimum atomic E-state index is -0.303. The van der Waals surface area contributed by atoms with Crippen molar-refractivity contribution in [2.75, 3.05) is 0 Å². The molecular weight excluding hydrogens is 224 g/mol. The van der Waals surface area contributed by atoms with Crippen LogP contribution in [0.2, 0.25) is 0 Å². The Morgan fingerprint density at radius 1 is 0.889 bits per heavy atom. The van der Waals surface area contributed by atoms with E-state index in [1.807, 2.05) is 54.6 Å². The minimum absolute atomic E-state index is 0.303. The fourth-order valence-electron chi connectivity index (χ4n) is 1.57. The van der Waals surface area contributed by atoms with Gasteiger partial charge in [-0.1, -0.05) is 54.6 Å². The Morgan fingerprint density at radius 3 is 2.00 bits per heavy atom. The zero-order chi connectivity index (χ0) is 12.8. The summed E-state index contributed by atoms with van der Waals surface area (Å²) < 4.78 is 4.97. The Labute approximate surface area is 107 Å². The van der Waals surface area contributed by atoms with E-state index in [0.29, 0.717) is 5.75 Å². The summed E-state index contributed by atoms with van der Waals surface area (Å²) in [5.41, 5.74) is 2.22. The third-order valence-electron chi connectivity index (χ3n) is 2.41. The average molecular weight is 238 g/mol. The van der Waals surface area contributed by atoms with Crippen LogP contribution in [0.5, 0.6) is 5.75 Å². The van der Waals surface area contributed by atoms with Crippen LogP contribution < -0.4 is 4.74 Å². The topological polar surface area (TPSA) is 26.3 Å². The molecule has 0 atom stereocenters. The van der Waals surface area contributed by atoms with Crippen molar-refractivity contribution in [3.8, 4) is 5.75 Å². The summed E-state index contributed by atoms with van der Waals surface area (Å²) in [5.74, 6) is 0.266. The fraction of sp³-hybridized carbons (Fsp3) is 0.0625. The normalized spacial score (nSPS) is 10.5. The molecular formula is C16H14O2. The summed E-state index contributed by atoms with van der Waals surface area (Å²) in [5, 5.41) is 0. The van der Waals surface area contributed by atoms with Crippen LogP contribution in [0.3, 0.4) is 0 Å². The average Bonchev–Trinajstić information content (AvgIpc) is 2.38. The third-order valence-corrected chi connectivity index (χ3v) is 2.41. The molecule has 0 N–H and O–H groups in total. The Bertz CT molecular complexity index is 539. The third kappa shape index (κ3) is 3.59. The molecule has 2 heteroatoms. The Balaban J connectivity index is 2.06. The quantitative estimate of drug-likeness (QED) is 0.462. The van der Waals surface area contributed by atoms with E-state index in [2.05, 4.69) is 0 Å². The summed E-state index contributed by atoms with van der Waals surface area (Å²) in [6.07, 6.45) is 4.06. The van der Waals surface area contributed by atoms with Crippen LogP contribution in [0.15, 0.2) is 54.6 Å². The van der Waals surface area contributed by atoms with Gasteiger partial charge in [-0.15, -0.1) is 0 Å². The monoisotopic (exact) mass is 238 g/mol. The molecule has 2 nitrogen and oxygen atoms in total. The highest BCUT2D eigenvalue weighted by Gasteiger charge is 1.96. The molecule has 18 heavy (non-hydrogen) atoms. The van der Waals surface area contributed by atoms with Crippen molar-refractivity contribution < 1.29 is 9.53 Å². The SMILES string of the molecule is CC(=O)Oc1ccc(C=Cc2ccccc2)cc1. The van der Waals surface area contributed by atoms with Gasteiger partial charge in [0.1, 0.15) is 5.75 Å². The van der Waals surface area contributed by atoms with Gasteiger partial charge in [0.2, 0.25) is 0 Å². The lowest BCUT2D eigenvalue weighted by molar-refractivity contribution is -0.131. The zero-order valence-electron chi connectivity index (χ0n) is 10.2. The van der Waals surface area contributed by atoms with Crippen LogP contribution in [0.4, 0.5) is 0 Å². The molecule has 0 aromatic heterocycles. The molecule has 0 saturated heterocycles. The van der Waals surface area contributed by atoms with E-state index in [4.69, 9.17) is 4.74 Å². The molecule has 0 aliphatic rings. The van der Waals surface area contributed by atoms with Crippen LogP contribution in [0.1, 0.15) is 18.1 Å². The molecule has 0 bridgehead atoms. The van der Waals surface area contributed by atoms with Gasteiger partial charge in [0.05, 0.1) is 0 Å². The zero-order valence-corrected chi connectivity index (χ0v) is 10.2. The molecule has 0 spiro atoms. The number of ether oxygens (including phenoxy) is 1. The first-order chi connectivity index (χ1) is 8.74. The fourth-order valence-corrected chi connectivity index (χ4v) is 1.57. The Kier molecular flexibility index (Phi) is 3.92. The maximum absolute atomic E-state index is 10.8. The molecule has 0 aliphatic carbocycles. The van der Waals surface area contributed by atoms with Crippen molar-refractivity contribution in [3.05, 3.63) is 65.7 Å². The van der Waals surface area contributed by atoms with Crippen molar-refractivity contribution in [2.24, 2.45) is 0 Å². The molecule has 0 aliphatic heterocycles. The van der Waals surface area contributed by atoms with E-state index in [9.17, 15) is 4.79 Å². The summed E-state index contributed by atoms with van der Waals surface area (Å²) in [6.45, 7) is 1.39. The minimum Gasteiger partial charge on any atom is -0.427 e. The molecule has 0 fully saturated rings. The van der Waals surface area contributed by atoms with Gasteiger partial charge in [0.25, 0.3) is 0 Å². The summed E-state index contributed by atoms with van der Waals surface area (Å²) >= 11 is 0.